The van der Waals surface area contributed by atoms with Crippen LogP contribution in [0, 0.1) is 0 Å². The van der Waals surface area contributed by atoms with E-state index >= 15 is 0 Å². The molecule has 138 valence electrons. The highest BCUT2D eigenvalue weighted by atomic mass is 127. The molecule has 0 amide bonds. The van der Waals surface area contributed by atoms with E-state index in [2.05, 4.69) is 27.1 Å². The molecule has 1 aliphatic heterocycles. The topological polar surface area (TPSA) is 40.5 Å². The molecule has 1 saturated heterocycles. The molecule has 0 aliphatic carbocycles. The number of guanidine groups is 1. The molecular formula is C14H22F3IN4S2. The van der Waals surface area contributed by atoms with Gasteiger partial charge in [-0.3, -0.25) is 0 Å². The lowest BCUT2D eigenvalue weighted by atomic mass is 10.3. The Balaban J connectivity index is 0.00000288. The van der Waals surface area contributed by atoms with Crippen LogP contribution in [0.4, 0.5) is 13.2 Å². The summed E-state index contributed by atoms with van der Waals surface area (Å²) in [7, 11) is 0. The van der Waals surface area contributed by atoms with Gasteiger partial charge >= 0.3 is 6.18 Å². The average Bonchev–Trinajstić information content (AvgIpc) is 3.00. The Hall–Kier alpha value is -0.230. The Morgan fingerprint density at radius 1 is 1.46 bits per heavy atom. The Morgan fingerprint density at radius 3 is 2.79 bits per heavy atom. The maximum Gasteiger partial charge on any atom is 0.434 e. The molecule has 0 radical (unpaired) electrons. The highest BCUT2D eigenvalue weighted by Gasteiger charge is 2.33. The number of thioether (sulfide) groups is 1. The number of aliphatic imine (C=N–C) groups is 1. The van der Waals surface area contributed by atoms with Crippen LogP contribution in [0.15, 0.2) is 10.4 Å². The fraction of sp³-hybridized carbons (Fsp3) is 0.714. The van der Waals surface area contributed by atoms with E-state index in [-0.39, 0.29) is 30.5 Å². The van der Waals surface area contributed by atoms with Crippen molar-refractivity contribution in [3.05, 3.63) is 16.1 Å². The third-order valence-electron chi connectivity index (χ3n) is 3.43. The Kier molecular flexibility index (Phi) is 9.13. The molecule has 1 aromatic heterocycles. The van der Waals surface area contributed by atoms with Crippen LogP contribution in [0.25, 0.3) is 0 Å². The van der Waals surface area contributed by atoms with Gasteiger partial charge in [0.2, 0.25) is 0 Å². The second-order valence-corrected chi connectivity index (χ2v) is 7.49. The second kappa shape index (κ2) is 10.0. The first-order valence-electron chi connectivity index (χ1n) is 7.60. The summed E-state index contributed by atoms with van der Waals surface area (Å²) in [5.74, 6) is 1.80. The molecule has 1 aromatic rings. The summed E-state index contributed by atoms with van der Waals surface area (Å²) < 4.78 is 37.7. The first-order chi connectivity index (χ1) is 10.9. The number of halogens is 4. The molecule has 4 nitrogen and oxygen atoms in total. The molecular weight excluding hydrogens is 472 g/mol. The predicted molar refractivity (Wildman–Crippen MR) is 105 cm³/mol. The number of hydrogen-bond donors (Lipinski definition) is 1. The maximum absolute atomic E-state index is 12.6. The van der Waals surface area contributed by atoms with Gasteiger partial charge in [0.15, 0.2) is 11.7 Å². The van der Waals surface area contributed by atoms with Crippen molar-refractivity contribution in [3.63, 3.8) is 0 Å². The summed E-state index contributed by atoms with van der Waals surface area (Å²) in [6.45, 7) is 6.86. The quantitative estimate of drug-likeness (QED) is 0.389. The smallest absolute Gasteiger partial charge is 0.357 e. The first-order valence-corrected chi connectivity index (χ1v) is 9.53. The molecule has 1 aliphatic rings. The largest absolute Gasteiger partial charge is 0.434 e. The number of thiazole rings is 1. The fourth-order valence-electron chi connectivity index (χ4n) is 2.24. The van der Waals surface area contributed by atoms with Crippen molar-refractivity contribution in [1.29, 1.82) is 0 Å². The van der Waals surface area contributed by atoms with Crippen LogP contribution in [-0.2, 0) is 12.7 Å². The SMILES string of the molecule is CCNC(=NCc1nc(C(F)(F)F)cs1)N1CCSC(CC)C1.I. The number of nitrogens with zero attached hydrogens (tertiary/aromatic N) is 3. The normalized spacial score (nSPS) is 19.1. The van der Waals surface area contributed by atoms with Gasteiger partial charge in [-0.15, -0.1) is 35.3 Å². The lowest BCUT2D eigenvalue weighted by Crippen LogP contribution is -2.48. The van der Waals surface area contributed by atoms with Gasteiger partial charge in [0.1, 0.15) is 5.01 Å². The highest BCUT2D eigenvalue weighted by Crippen LogP contribution is 2.30. The van der Waals surface area contributed by atoms with Gasteiger partial charge in [0.25, 0.3) is 0 Å². The average molecular weight is 494 g/mol. The number of aromatic nitrogens is 1. The number of hydrogen-bond acceptors (Lipinski definition) is 4. The molecule has 24 heavy (non-hydrogen) atoms. The van der Waals surface area contributed by atoms with Crippen LogP contribution < -0.4 is 5.32 Å². The summed E-state index contributed by atoms with van der Waals surface area (Å²) in [6, 6.07) is 0. The van der Waals surface area contributed by atoms with E-state index < -0.39 is 11.9 Å². The van der Waals surface area contributed by atoms with Crippen molar-refractivity contribution in [2.45, 2.75) is 38.2 Å². The van der Waals surface area contributed by atoms with E-state index in [9.17, 15) is 13.2 Å². The van der Waals surface area contributed by atoms with E-state index in [1.54, 1.807) is 0 Å². The molecule has 0 bridgehead atoms. The molecule has 1 unspecified atom stereocenters. The number of alkyl halides is 3. The van der Waals surface area contributed by atoms with Gasteiger partial charge in [0.05, 0.1) is 6.54 Å². The monoisotopic (exact) mass is 494 g/mol. The Bertz CT molecular complexity index is 536. The summed E-state index contributed by atoms with van der Waals surface area (Å²) >= 11 is 2.96. The lowest BCUT2D eigenvalue weighted by Gasteiger charge is -2.34. The minimum absolute atomic E-state index is 0. The number of nitrogens with one attached hydrogen (secondary N) is 1. The summed E-state index contributed by atoms with van der Waals surface area (Å²) in [5.41, 5.74) is -0.835. The molecule has 1 N–H and O–H groups in total. The van der Waals surface area contributed by atoms with Crippen molar-refractivity contribution in [2.24, 2.45) is 4.99 Å². The molecule has 10 heteroatoms. The highest BCUT2D eigenvalue weighted by molar-refractivity contribution is 14.0. The van der Waals surface area contributed by atoms with Gasteiger partial charge in [-0.25, -0.2) is 9.98 Å². The van der Waals surface area contributed by atoms with Crippen LogP contribution >= 0.6 is 47.1 Å². The minimum Gasteiger partial charge on any atom is -0.357 e. The minimum atomic E-state index is -4.39. The molecule has 0 aromatic carbocycles. The van der Waals surface area contributed by atoms with Crippen LogP contribution in [0.3, 0.4) is 0 Å². The molecule has 1 atom stereocenters. The van der Waals surface area contributed by atoms with Crippen molar-refractivity contribution in [2.75, 3.05) is 25.4 Å². The van der Waals surface area contributed by atoms with E-state index in [1.807, 2.05) is 18.7 Å². The molecule has 0 spiro atoms. The van der Waals surface area contributed by atoms with Gasteiger partial charge in [0, 0.05) is 36.0 Å². The van der Waals surface area contributed by atoms with Crippen molar-refractivity contribution < 1.29 is 13.2 Å². The van der Waals surface area contributed by atoms with Crippen LogP contribution in [0.5, 0.6) is 0 Å². The summed E-state index contributed by atoms with van der Waals surface area (Å²) in [4.78, 5) is 10.3. The van der Waals surface area contributed by atoms with E-state index in [4.69, 9.17) is 0 Å². The first kappa shape index (κ1) is 21.8. The van der Waals surface area contributed by atoms with Gasteiger partial charge in [-0.2, -0.15) is 24.9 Å². The van der Waals surface area contributed by atoms with E-state index in [0.717, 1.165) is 54.5 Å². The lowest BCUT2D eigenvalue weighted by molar-refractivity contribution is -0.140. The summed E-state index contributed by atoms with van der Waals surface area (Å²) in [5, 5.41) is 5.22. The van der Waals surface area contributed by atoms with Gasteiger partial charge in [-0.05, 0) is 13.3 Å². The van der Waals surface area contributed by atoms with Crippen LogP contribution in [-0.4, -0.2) is 46.5 Å². The zero-order valence-corrected chi connectivity index (χ0v) is 17.6. The third kappa shape index (κ3) is 6.25. The third-order valence-corrected chi connectivity index (χ3v) is 5.64. The van der Waals surface area contributed by atoms with Gasteiger partial charge in [-0.1, -0.05) is 6.92 Å². The van der Waals surface area contributed by atoms with Crippen molar-refractivity contribution >= 4 is 53.0 Å². The summed E-state index contributed by atoms with van der Waals surface area (Å²) in [6.07, 6.45) is -3.29. The molecule has 1 fully saturated rings. The Morgan fingerprint density at radius 2 is 2.21 bits per heavy atom. The van der Waals surface area contributed by atoms with E-state index in [1.165, 1.54) is 0 Å². The Labute approximate surface area is 165 Å². The van der Waals surface area contributed by atoms with Crippen molar-refractivity contribution in [1.82, 2.24) is 15.2 Å². The van der Waals surface area contributed by atoms with Crippen molar-refractivity contribution in [3.8, 4) is 0 Å². The molecule has 2 heterocycles. The van der Waals surface area contributed by atoms with Crippen LogP contribution in [0.1, 0.15) is 31.0 Å². The molecule has 2 rings (SSSR count). The zero-order valence-electron chi connectivity index (χ0n) is 13.6. The maximum atomic E-state index is 12.6. The van der Waals surface area contributed by atoms with Gasteiger partial charge < -0.3 is 10.2 Å². The zero-order chi connectivity index (χ0) is 16.9. The fourth-order valence-corrected chi connectivity index (χ4v) is 4.15. The van der Waals surface area contributed by atoms with E-state index in [0.29, 0.717) is 10.3 Å². The second-order valence-electron chi connectivity index (χ2n) is 5.14. The molecule has 0 saturated carbocycles. The number of rotatable bonds is 4. The van der Waals surface area contributed by atoms with Crippen LogP contribution in [0.2, 0.25) is 0 Å². The predicted octanol–water partition coefficient (Wildman–Crippen LogP) is 4.07. The standard InChI is InChI=1S/C14H21F3N4S2.HI/c1-3-10-8-21(5-6-22-10)13(18-4-2)19-7-12-20-11(9-23-12)14(15,16)17;/h9-10H,3-8H2,1-2H3,(H,18,19);1H.